The molecule has 23 heavy (non-hydrogen) atoms. The fraction of sp³-hybridized carbons (Fsp3) is 0.222. The van der Waals surface area contributed by atoms with Crippen LogP contribution in [0, 0.1) is 0 Å². The van der Waals surface area contributed by atoms with Crippen LogP contribution < -0.4 is 10.6 Å². The van der Waals surface area contributed by atoms with Crippen LogP contribution in [-0.2, 0) is 7.05 Å². The van der Waals surface area contributed by atoms with Crippen molar-refractivity contribution < 1.29 is 0 Å². The van der Waals surface area contributed by atoms with Crippen LogP contribution in [0.1, 0.15) is 18.5 Å². The number of nitrogens with zero attached hydrogens (tertiary/aromatic N) is 3. The first-order valence-corrected chi connectivity index (χ1v) is 7.68. The largest absolute Gasteiger partial charge is 0.363 e. The molecule has 0 aliphatic carbocycles. The second-order valence-electron chi connectivity index (χ2n) is 5.51. The summed E-state index contributed by atoms with van der Waals surface area (Å²) in [5, 5.41) is 7.68. The van der Waals surface area contributed by atoms with E-state index < -0.39 is 0 Å². The summed E-state index contributed by atoms with van der Waals surface area (Å²) < 4.78 is 1.99. The minimum Gasteiger partial charge on any atom is -0.363 e. The number of fused-ring (bicyclic) bond motifs is 1. The number of aryl methyl sites for hydroxylation is 1. The molecule has 1 unspecified atom stereocenters. The van der Waals surface area contributed by atoms with Crippen LogP contribution >= 0.6 is 0 Å². The molecule has 1 aromatic carbocycles. The van der Waals surface area contributed by atoms with Gasteiger partial charge >= 0.3 is 0 Å². The van der Waals surface area contributed by atoms with E-state index in [1.54, 1.807) is 6.08 Å². The average molecular weight is 307 g/mol. The zero-order chi connectivity index (χ0) is 16.2. The highest BCUT2D eigenvalue weighted by atomic mass is 15.2. The Morgan fingerprint density at radius 2 is 2.00 bits per heavy atom. The molecule has 0 aliphatic heterocycles. The maximum absolute atomic E-state index is 4.62. The maximum Gasteiger partial charge on any atom is 0.226 e. The lowest BCUT2D eigenvalue weighted by Crippen LogP contribution is -2.11. The van der Waals surface area contributed by atoms with E-state index in [1.165, 1.54) is 5.56 Å². The predicted octanol–water partition coefficient (Wildman–Crippen LogP) is 3.74. The lowest BCUT2D eigenvalue weighted by Gasteiger charge is -2.16. The highest BCUT2D eigenvalue weighted by Crippen LogP contribution is 2.26. The molecule has 0 radical (unpaired) electrons. The monoisotopic (exact) mass is 307 g/mol. The molecular formula is C18H21N5. The maximum atomic E-state index is 4.62. The SMILES string of the molecule is C=CCNc1nc(NC(C)c2ccccc2)c2ccn(C)c2n1. The predicted molar refractivity (Wildman–Crippen MR) is 95.7 cm³/mol. The molecule has 2 aromatic heterocycles. The summed E-state index contributed by atoms with van der Waals surface area (Å²) in [5.41, 5.74) is 2.12. The molecule has 0 spiro atoms. The van der Waals surface area contributed by atoms with Gasteiger partial charge in [0.1, 0.15) is 11.5 Å². The van der Waals surface area contributed by atoms with Gasteiger partial charge in [-0.2, -0.15) is 9.97 Å². The Morgan fingerprint density at radius 3 is 2.74 bits per heavy atom. The summed E-state index contributed by atoms with van der Waals surface area (Å²) >= 11 is 0. The van der Waals surface area contributed by atoms with Crippen molar-refractivity contribution >= 4 is 22.8 Å². The quantitative estimate of drug-likeness (QED) is 0.681. The first kappa shape index (κ1) is 15.1. The number of rotatable bonds is 6. The van der Waals surface area contributed by atoms with Crippen molar-refractivity contribution in [2.45, 2.75) is 13.0 Å². The van der Waals surface area contributed by atoms with Crippen LogP contribution in [0.25, 0.3) is 11.0 Å². The van der Waals surface area contributed by atoms with Crippen LogP contribution in [0.2, 0.25) is 0 Å². The van der Waals surface area contributed by atoms with Crippen molar-refractivity contribution in [3.05, 3.63) is 60.8 Å². The molecule has 0 bridgehead atoms. The third-order valence-electron chi connectivity index (χ3n) is 3.78. The average Bonchev–Trinajstić information content (AvgIpc) is 2.95. The zero-order valence-corrected chi connectivity index (χ0v) is 13.5. The minimum absolute atomic E-state index is 0.154. The van der Waals surface area contributed by atoms with Gasteiger partial charge in [-0.25, -0.2) is 0 Å². The summed E-state index contributed by atoms with van der Waals surface area (Å²) in [7, 11) is 1.98. The van der Waals surface area contributed by atoms with E-state index in [0.29, 0.717) is 12.5 Å². The molecule has 0 saturated carbocycles. The molecule has 118 valence electrons. The van der Waals surface area contributed by atoms with E-state index in [0.717, 1.165) is 16.9 Å². The van der Waals surface area contributed by atoms with Crippen molar-refractivity contribution in [2.24, 2.45) is 7.05 Å². The molecule has 5 nitrogen and oxygen atoms in total. The van der Waals surface area contributed by atoms with E-state index in [-0.39, 0.29) is 6.04 Å². The smallest absolute Gasteiger partial charge is 0.226 e. The first-order valence-electron chi connectivity index (χ1n) is 7.68. The van der Waals surface area contributed by atoms with Gasteiger partial charge in [0.2, 0.25) is 5.95 Å². The van der Waals surface area contributed by atoms with Gasteiger partial charge in [0.05, 0.1) is 5.39 Å². The van der Waals surface area contributed by atoms with Gasteiger partial charge in [0.15, 0.2) is 0 Å². The minimum atomic E-state index is 0.154. The molecule has 0 aliphatic rings. The summed E-state index contributed by atoms with van der Waals surface area (Å²) in [5.74, 6) is 1.43. The Labute approximate surface area is 136 Å². The molecular weight excluding hydrogens is 286 g/mol. The van der Waals surface area contributed by atoms with Crippen molar-refractivity contribution in [1.82, 2.24) is 14.5 Å². The number of anilines is 2. The van der Waals surface area contributed by atoms with Gasteiger partial charge in [-0.15, -0.1) is 6.58 Å². The van der Waals surface area contributed by atoms with Crippen LogP contribution in [0.5, 0.6) is 0 Å². The molecule has 1 atom stereocenters. The van der Waals surface area contributed by atoms with Crippen LogP contribution in [-0.4, -0.2) is 21.1 Å². The van der Waals surface area contributed by atoms with Gasteiger partial charge < -0.3 is 15.2 Å². The third kappa shape index (κ3) is 3.18. The summed E-state index contributed by atoms with van der Waals surface area (Å²) in [6, 6.07) is 12.5. The second-order valence-corrected chi connectivity index (χ2v) is 5.51. The Bertz CT molecular complexity index is 807. The van der Waals surface area contributed by atoms with Gasteiger partial charge in [-0.05, 0) is 18.6 Å². The van der Waals surface area contributed by atoms with Gasteiger partial charge in [0, 0.05) is 25.8 Å². The normalized spacial score (nSPS) is 12.1. The van der Waals surface area contributed by atoms with Crippen LogP contribution in [0.15, 0.2) is 55.3 Å². The number of nitrogens with one attached hydrogen (secondary N) is 2. The van der Waals surface area contributed by atoms with E-state index in [9.17, 15) is 0 Å². The Balaban J connectivity index is 1.96. The molecule has 5 heteroatoms. The number of aromatic nitrogens is 3. The molecule has 2 N–H and O–H groups in total. The Hall–Kier alpha value is -2.82. The molecule has 0 fully saturated rings. The molecule has 3 rings (SSSR count). The summed E-state index contributed by atoms with van der Waals surface area (Å²) in [6.45, 7) is 6.47. The Kier molecular flexibility index (Phi) is 4.28. The van der Waals surface area contributed by atoms with E-state index >= 15 is 0 Å². The standard InChI is InChI=1S/C18H21N5/c1-4-11-19-18-21-16(15-10-12-23(3)17(15)22-18)20-13(2)14-8-6-5-7-9-14/h4-10,12-13H,1,11H2,2-3H3,(H2,19,20,21,22). The lowest BCUT2D eigenvalue weighted by atomic mass is 10.1. The molecule has 0 saturated heterocycles. The van der Waals surface area contributed by atoms with Crippen molar-refractivity contribution in [2.75, 3.05) is 17.2 Å². The van der Waals surface area contributed by atoms with Gasteiger partial charge in [-0.1, -0.05) is 36.4 Å². The Morgan fingerprint density at radius 1 is 1.22 bits per heavy atom. The second kappa shape index (κ2) is 6.52. The summed E-state index contributed by atoms with van der Waals surface area (Å²) in [4.78, 5) is 9.19. The number of hydrogen-bond acceptors (Lipinski definition) is 4. The van der Waals surface area contributed by atoms with Gasteiger partial charge in [0.25, 0.3) is 0 Å². The van der Waals surface area contributed by atoms with E-state index in [1.807, 2.05) is 42.1 Å². The van der Waals surface area contributed by atoms with Crippen LogP contribution in [0.4, 0.5) is 11.8 Å². The number of benzene rings is 1. The number of hydrogen-bond donors (Lipinski definition) is 2. The van der Waals surface area contributed by atoms with Crippen molar-refractivity contribution in [3.8, 4) is 0 Å². The van der Waals surface area contributed by atoms with Crippen LogP contribution in [0.3, 0.4) is 0 Å². The zero-order valence-electron chi connectivity index (χ0n) is 13.5. The fourth-order valence-electron chi connectivity index (χ4n) is 2.52. The van der Waals surface area contributed by atoms with Crippen molar-refractivity contribution in [1.29, 1.82) is 0 Å². The van der Waals surface area contributed by atoms with Crippen molar-refractivity contribution in [3.63, 3.8) is 0 Å². The van der Waals surface area contributed by atoms with E-state index in [2.05, 4.69) is 46.2 Å². The third-order valence-corrected chi connectivity index (χ3v) is 3.78. The molecule has 0 amide bonds. The lowest BCUT2D eigenvalue weighted by molar-refractivity contribution is 0.874. The fourth-order valence-corrected chi connectivity index (χ4v) is 2.52. The molecule has 2 heterocycles. The highest BCUT2D eigenvalue weighted by Gasteiger charge is 2.13. The molecule has 3 aromatic rings. The first-order chi connectivity index (χ1) is 11.2. The topological polar surface area (TPSA) is 54.8 Å². The van der Waals surface area contributed by atoms with E-state index in [4.69, 9.17) is 0 Å². The highest BCUT2D eigenvalue weighted by molar-refractivity contribution is 5.88. The van der Waals surface area contributed by atoms with Gasteiger partial charge in [-0.3, -0.25) is 0 Å². The summed E-state index contributed by atoms with van der Waals surface area (Å²) in [6.07, 6.45) is 3.78.